The van der Waals surface area contributed by atoms with Crippen LogP contribution in [-0.2, 0) is 22.3 Å². The Bertz CT molecular complexity index is 596. The molecule has 0 aromatic heterocycles. The minimum absolute atomic E-state index is 0.407. The zero-order valence-corrected chi connectivity index (χ0v) is 19.2. The number of ether oxygens (including phenoxy) is 2. The van der Waals surface area contributed by atoms with Gasteiger partial charge in [-0.05, 0) is 100 Å². The summed E-state index contributed by atoms with van der Waals surface area (Å²) in [4.78, 5) is 23.4. The van der Waals surface area contributed by atoms with Gasteiger partial charge in [0.1, 0.15) is 11.2 Å². The second-order valence-corrected chi connectivity index (χ2v) is 9.57. The number of carbonyl (C=O) groups is 2. The first-order valence-corrected chi connectivity index (χ1v) is 10.1. The van der Waals surface area contributed by atoms with Crippen molar-refractivity contribution in [3.63, 3.8) is 0 Å². The highest BCUT2D eigenvalue weighted by Gasteiger charge is 2.16. The largest absolute Gasteiger partial charge is 0.444 e. The Kier molecular flexibility index (Phi) is 8.84. The highest BCUT2D eigenvalue weighted by Crippen LogP contribution is 2.14. The average molecular weight is 490 g/mol. The topological polar surface area (TPSA) is 76.7 Å². The van der Waals surface area contributed by atoms with Crippen LogP contribution in [0.3, 0.4) is 0 Å². The second-order valence-electron chi connectivity index (χ2n) is 8.33. The van der Waals surface area contributed by atoms with E-state index in [9.17, 15) is 9.59 Å². The van der Waals surface area contributed by atoms with Crippen LogP contribution in [0.5, 0.6) is 0 Å². The van der Waals surface area contributed by atoms with E-state index < -0.39 is 23.4 Å². The van der Waals surface area contributed by atoms with Crippen molar-refractivity contribution in [3.05, 3.63) is 32.9 Å². The SMILES string of the molecule is CC(C)(C)OC(=O)NCCc1cc(I)cc(CCNC(=O)OC(C)(C)C)c1. The van der Waals surface area contributed by atoms with Gasteiger partial charge >= 0.3 is 12.2 Å². The Hall–Kier alpha value is -1.51. The molecule has 1 rings (SSSR count). The number of amides is 2. The van der Waals surface area contributed by atoms with E-state index >= 15 is 0 Å². The lowest BCUT2D eigenvalue weighted by atomic mass is 10.1. The molecule has 0 aliphatic rings. The van der Waals surface area contributed by atoms with E-state index in [0.29, 0.717) is 25.9 Å². The zero-order valence-electron chi connectivity index (χ0n) is 17.1. The van der Waals surface area contributed by atoms with Crippen LogP contribution in [0.4, 0.5) is 9.59 Å². The average Bonchev–Trinajstić information content (AvgIpc) is 2.42. The highest BCUT2D eigenvalue weighted by molar-refractivity contribution is 14.1. The fraction of sp³-hybridized carbons (Fsp3) is 0.600. The number of hydrogen-bond donors (Lipinski definition) is 2. The Morgan fingerprint density at radius 2 is 1.19 bits per heavy atom. The summed E-state index contributed by atoms with van der Waals surface area (Å²) in [6, 6.07) is 6.26. The molecule has 152 valence electrons. The summed E-state index contributed by atoms with van der Waals surface area (Å²) in [5, 5.41) is 5.54. The van der Waals surface area contributed by atoms with E-state index in [2.05, 4.69) is 51.4 Å². The molecule has 2 N–H and O–H groups in total. The summed E-state index contributed by atoms with van der Waals surface area (Å²) in [5.74, 6) is 0. The van der Waals surface area contributed by atoms with Crippen molar-refractivity contribution in [1.29, 1.82) is 0 Å². The first kappa shape index (κ1) is 23.5. The number of nitrogens with one attached hydrogen (secondary N) is 2. The second kappa shape index (κ2) is 10.1. The third-order valence-electron chi connectivity index (χ3n) is 3.18. The molecule has 0 saturated carbocycles. The molecule has 1 aromatic carbocycles. The zero-order chi connectivity index (χ0) is 20.7. The molecule has 2 amide bonds. The van der Waals surface area contributed by atoms with Crippen molar-refractivity contribution >= 4 is 34.8 Å². The summed E-state index contributed by atoms with van der Waals surface area (Å²) in [7, 11) is 0. The molecule has 0 atom stereocenters. The molecule has 7 heteroatoms. The normalized spacial score (nSPS) is 11.7. The van der Waals surface area contributed by atoms with Gasteiger partial charge in [-0.2, -0.15) is 0 Å². The van der Waals surface area contributed by atoms with Gasteiger partial charge in [-0.1, -0.05) is 6.07 Å². The van der Waals surface area contributed by atoms with Crippen molar-refractivity contribution in [1.82, 2.24) is 10.6 Å². The van der Waals surface area contributed by atoms with E-state index in [1.165, 1.54) is 0 Å². The smallest absolute Gasteiger partial charge is 0.407 e. The van der Waals surface area contributed by atoms with Crippen molar-refractivity contribution in [2.45, 2.75) is 65.6 Å². The molecule has 27 heavy (non-hydrogen) atoms. The predicted molar refractivity (Wildman–Crippen MR) is 115 cm³/mol. The van der Waals surface area contributed by atoms with Gasteiger partial charge < -0.3 is 20.1 Å². The number of rotatable bonds is 6. The van der Waals surface area contributed by atoms with Crippen molar-refractivity contribution < 1.29 is 19.1 Å². The van der Waals surface area contributed by atoms with E-state index in [1.54, 1.807) is 0 Å². The Morgan fingerprint density at radius 1 is 0.815 bits per heavy atom. The van der Waals surface area contributed by atoms with Gasteiger partial charge in [0, 0.05) is 16.7 Å². The minimum Gasteiger partial charge on any atom is -0.444 e. The third-order valence-corrected chi connectivity index (χ3v) is 3.80. The fourth-order valence-electron chi connectivity index (χ4n) is 2.25. The molecular formula is C20H31IN2O4. The molecule has 0 heterocycles. The molecule has 1 aromatic rings. The quantitative estimate of drug-likeness (QED) is 0.579. The van der Waals surface area contributed by atoms with Gasteiger partial charge in [-0.3, -0.25) is 0 Å². The minimum atomic E-state index is -0.499. The molecule has 0 saturated heterocycles. The molecule has 0 unspecified atom stereocenters. The van der Waals surface area contributed by atoms with E-state index in [4.69, 9.17) is 9.47 Å². The maximum Gasteiger partial charge on any atom is 0.407 e. The third kappa shape index (κ3) is 11.7. The van der Waals surface area contributed by atoms with E-state index in [-0.39, 0.29) is 0 Å². The molecule has 0 spiro atoms. The lowest BCUT2D eigenvalue weighted by Gasteiger charge is -2.20. The first-order chi connectivity index (χ1) is 12.3. The van der Waals surface area contributed by atoms with Crippen LogP contribution in [0.25, 0.3) is 0 Å². The van der Waals surface area contributed by atoms with Crippen LogP contribution in [0.2, 0.25) is 0 Å². The van der Waals surface area contributed by atoms with E-state index in [1.807, 2.05) is 41.5 Å². The van der Waals surface area contributed by atoms with Crippen molar-refractivity contribution in [3.8, 4) is 0 Å². The summed E-state index contributed by atoms with van der Waals surface area (Å²) in [6.07, 6.45) is 0.607. The van der Waals surface area contributed by atoms with Crippen molar-refractivity contribution in [2.24, 2.45) is 0 Å². The lowest BCUT2D eigenvalue weighted by Crippen LogP contribution is -2.33. The van der Waals surface area contributed by atoms with E-state index in [0.717, 1.165) is 14.7 Å². The van der Waals surface area contributed by atoms with Crippen LogP contribution in [0.1, 0.15) is 52.7 Å². The fourth-order valence-corrected chi connectivity index (χ4v) is 3.05. The standard InChI is InChI=1S/C20H31IN2O4/c1-19(2,3)26-17(24)22-9-7-14-11-15(13-16(21)12-14)8-10-23-18(25)27-20(4,5)6/h11-13H,7-10H2,1-6H3,(H,22,24)(H,23,25). The van der Waals surface area contributed by atoms with Crippen LogP contribution >= 0.6 is 22.6 Å². The van der Waals surface area contributed by atoms with Crippen LogP contribution in [-0.4, -0.2) is 36.5 Å². The molecule has 0 radical (unpaired) electrons. The van der Waals surface area contributed by atoms with Gasteiger partial charge in [0.25, 0.3) is 0 Å². The molecule has 0 bridgehead atoms. The number of hydrogen-bond acceptors (Lipinski definition) is 4. The maximum atomic E-state index is 11.7. The van der Waals surface area contributed by atoms with Gasteiger partial charge in [0.05, 0.1) is 0 Å². The molecular weight excluding hydrogens is 459 g/mol. The molecule has 0 aliphatic heterocycles. The van der Waals surface area contributed by atoms with Gasteiger partial charge in [-0.25, -0.2) is 9.59 Å². The highest BCUT2D eigenvalue weighted by atomic mass is 127. The Balaban J connectivity index is 2.47. The number of benzene rings is 1. The van der Waals surface area contributed by atoms with Crippen LogP contribution < -0.4 is 10.6 Å². The molecule has 0 fully saturated rings. The van der Waals surface area contributed by atoms with Crippen molar-refractivity contribution in [2.75, 3.05) is 13.1 Å². The summed E-state index contributed by atoms with van der Waals surface area (Å²) in [5.41, 5.74) is 1.26. The summed E-state index contributed by atoms with van der Waals surface area (Å²) < 4.78 is 11.6. The van der Waals surface area contributed by atoms with Gasteiger partial charge in [-0.15, -0.1) is 0 Å². The lowest BCUT2D eigenvalue weighted by molar-refractivity contribution is 0.0517. The maximum absolute atomic E-state index is 11.7. The van der Waals surface area contributed by atoms with Gasteiger partial charge in [0.2, 0.25) is 0 Å². The molecule has 6 nitrogen and oxygen atoms in total. The van der Waals surface area contributed by atoms with Crippen LogP contribution in [0.15, 0.2) is 18.2 Å². The Labute approximate surface area is 175 Å². The van der Waals surface area contributed by atoms with Crippen LogP contribution in [0, 0.1) is 3.57 Å². The monoisotopic (exact) mass is 490 g/mol. The number of halogens is 1. The van der Waals surface area contributed by atoms with Gasteiger partial charge in [0.15, 0.2) is 0 Å². The predicted octanol–water partition coefficient (Wildman–Crippen LogP) is 4.43. The Morgan fingerprint density at radius 3 is 1.52 bits per heavy atom. The number of carbonyl (C=O) groups excluding carboxylic acids is 2. The number of alkyl carbamates (subject to hydrolysis) is 2. The summed E-state index contributed by atoms with van der Waals surface area (Å²) in [6.45, 7) is 12.0. The molecule has 0 aliphatic carbocycles. The first-order valence-electron chi connectivity index (χ1n) is 9.06. The summed E-state index contributed by atoms with van der Waals surface area (Å²) >= 11 is 2.27.